The standard InChI is InChI=1S/C22H25N3O4S2/c1-15(29-18-9-5-16(6-10-18)22(2,3)4)20(26)24-17-7-11-19(12-8-17)31(27,28)25-21-23-13-14-30-21/h5-15H,1-4H3,(H,23,25)(H,24,26). The first kappa shape index (κ1) is 22.8. The Kier molecular flexibility index (Phi) is 6.66. The average Bonchev–Trinajstić information content (AvgIpc) is 3.20. The number of nitrogens with one attached hydrogen (secondary N) is 2. The number of carbonyl (C=O) groups excluding carboxylic acids is 1. The number of hydrogen-bond donors (Lipinski definition) is 2. The zero-order valence-electron chi connectivity index (χ0n) is 17.7. The molecule has 3 rings (SSSR count). The number of hydrogen-bond acceptors (Lipinski definition) is 6. The highest BCUT2D eigenvalue weighted by Gasteiger charge is 2.18. The molecule has 1 unspecified atom stereocenters. The van der Waals surface area contributed by atoms with E-state index < -0.39 is 16.1 Å². The largest absolute Gasteiger partial charge is 0.481 e. The van der Waals surface area contributed by atoms with Crippen LogP contribution in [0.1, 0.15) is 33.3 Å². The average molecular weight is 460 g/mol. The summed E-state index contributed by atoms with van der Waals surface area (Å²) in [6.07, 6.45) is 0.791. The van der Waals surface area contributed by atoms with Crippen molar-refractivity contribution < 1.29 is 17.9 Å². The van der Waals surface area contributed by atoms with E-state index in [0.29, 0.717) is 16.6 Å². The lowest BCUT2D eigenvalue weighted by atomic mass is 9.87. The van der Waals surface area contributed by atoms with Gasteiger partial charge >= 0.3 is 0 Å². The molecule has 0 saturated carbocycles. The minimum Gasteiger partial charge on any atom is -0.481 e. The number of amides is 1. The predicted molar refractivity (Wildman–Crippen MR) is 123 cm³/mol. The van der Waals surface area contributed by atoms with Crippen LogP contribution in [-0.2, 0) is 20.2 Å². The Labute approximate surface area is 186 Å². The zero-order valence-corrected chi connectivity index (χ0v) is 19.4. The lowest BCUT2D eigenvalue weighted by Crippen LogP contribution is -2.30. The maximum Gasteiger partial charge on any atom is 0.265 e. The molecule has 1 aromatic heterocycles. The maximum absolute atomic E-state index is 12.5. The van der Waals surface area contributed by atoms with Gasteiger partial charge in [-0.3, -0.25) is 9.52 Å². The Balaban J connectivity index is 1.59. The second kappa shape index (κ2) is 9.07. The van der Waals surface area contributed by atoms with Crippen molar-refractivity contribution >= 4 is 38.1 Å². The number of aromatic nitrogens is 1. The molecule has 2 N–H and O–H groups in total. The van der Waals surface area contributed by atoms with Gasteiger partial charge in [-0.05, 0) is 54.3 Å². The molecule has 3 aromatic rings. The fourth-order valence-electron chi connectivity index (χ4n) is 2.70. The fraction of sp³-hybridized carbons (Fsp3) is 0.273. The molecule has 2 aromatic carbocycles. The summed E-state index contributed by atoms with van der Waals surface area (Å²) in [5.41, 5.74) is 1.69. The van der Waals surface area contributed by atoms with Crippen molar-refractivity contribution in [1.29, 1.82) is 0 Å². The summed E-state index contributed by atoms with van der Waals surface area (Å²) in [5, 5.41) is 4.70. The van der Waals surface area contributed by atoms with Crippen molar-refractivity contribution in [2.75, 3.05) is 10.0 Å². The van der Waals surface area contributed by atoms with Crippen molar-refractivity contribution in [3.05, 3.63) is 65.7 Å². The van der Waals surface area contributed by atoms with E-state index in [1.165, 1.54) is 47.4 Å². The molecule has 0 aliphatic carbocycles. The second-order valence-electron chi connectivity index (χ2n) is 7.99. The number of nitrogens with zero attached hydrogens (tertiary/aromatic N) is 1. The van der Waals surface area contributed by atoms with E-state index in [-0.39, 0.29) is 16.2 Å². The number of sulfonamides is 1. The Morgan fingerprint density at radius 1 is 1.06 bits per heavy atom. The highest BCUT2D eigenvalue weighted by molar-refractivity contribution is 7.93. The molecule has 164 valence electrons. The Morgan fingerprint density at radius 2 is 1.71 bits per heavy atom. The Morgan fingerprint density at radius 3 is 2.26 bits per heavy atom. The van der Waals surface area contributed by atoms with E-state index >= 15 is 0 Å². The molecule has 7 nitrogen and oxygen atoms in total. The van der Waals surface area contributed by atoms with E-state index in [9.17, 15) is 13.2 Å². The molecule has 1 heterocycles. The Bertz CT molecular complexity index is 1120. The van der Waals surface area contributed by atoms with Crippen molar-refractivity contribution in [3.63, 3.8) is 0 Å². The molecule has 0 saturated heterocycles. The predicted octanol–water partition coefficient (Wildman–Crippen LogP) is 4.65. The third-order valence-corrected chi connectivity index (χ3v) is 6.66. The van der Waals surface area contributed by atoms with Gasteiger partial charge in [-0.1, -0.05) is 32.9 Å². The van der Waals surface area contributed by atoms with Gasteiger partial charge in [0.2, 0.25) is 0 Å². The van der Waals surface area contributed by atoms with Gasteiger partial charge in [0.05, 0.1) is 4.90 Å². The highest BCUT2D eigenvalue weighted by Crippen LogP contribution is 2.25. The van der Waals surface area contributed by atoms with Crippen LogP contribution < -0.4 is 14.8 Å². The summed E-state index contributed by atoms with van der Waals surface area (Å²) < 4.78 is 32.9. The molecule has 31 heavy (non-hydrogen) atoms. The van der Waals surface area contributed by atoms with E-state index in [0.717, 1.165) is 0 Å². The Hall–Kier alpha value is -2.91. The fourth-order valence-corrected chi connectivity index (χ4v) is 4.49. The van der Waals surface area contributed by atoms with E-state index in [1.807, 2.05) is 24.3 Å². The topological polar surface area (TPSA) is 97.4 Å². The number of ether oxygens (including phenoxy) is 1. The van der Waals surface area contributed by atoms with Gasteiger partial charge in [0, 0.05) is 17.3 Å². The smallest absolute Gasteiger partial charge is 0.265 e. The first-order chi connectivity index (χ1) is 14.5. The van der Waals surface area contributed by atoms with Crippen LogP contribution in [0.15, 0.2) is 65.0 Å². The van der Waals surface area contributed by atoms with Gasteiger partial charge in [0.25, 0.3) is 15.9 Å². The summed E-state index contributed by atoms with van der Waals surface area (Å²) in [7, 11) is -3.74. The molecule has 1 amide bonds. The minimum absolute atomic E-state index is 0.0387. The monoisotopic (exact) mass is 459 g/mol. The van der Waals surface area contributed by atoms with Crippen LogP contribution in [-0.4, -0.2) is 25.4 Å². The normalized spacial score (nSPS) is 12.8. The van der Waals surface area contributed by atoms with E-state index in [2.05, 4.69) is 35.8 Å². The van der Waals surface area contributed by atoms with Gasteiger partial charge in [-0.15, -0.1) is 11.3 Å². The summed E-state index contributed by atoms with van der Waals surface area (Å²) >= 11 is 1.19. The molecule has 9 heteroatoms. The van der Waals surface area contributed by atoms with E-state index in [1.54, 1.807) is 12.3 Å². The molecule has 0 fully saturated rings. The summed E-state index contributed by atoms with van der Waals surface area (Å²) in [4.78, 5) is 16.4. The van der Waals surface area contributed by atoms with Crippen molar-refractivity contribution in [2.45, 2.75) is 44.1 Å². The third kappa shape index (κ3) is 6.05. The zero-order chi connectivity index (χ0) is 22.6. The van der Waals surface area contributed by atoms with E-state index in [4.69, 9.17) is 4.74 Å². The molecular weight excluding hydrogens is 434 g/mol. The molecule has 0 bridgehead atoms. The van der Waals surface area contributed by atoms with Gasteiger partial charge in [-0.25, -0.2) is 13.4 Å². The van der Waals surface area contributed by atoms with Crippen LogP contribution in [0, 0.1) is 0 Å². The van der Waals surface area contributed by atoms with Crippen LogP contribution in [0.4, 0.5) is 10.8 Å². The number of anilines is 2. The van der Waals surface area contributed by atoms with Crippen LogP contribution in [0.3, 0.4) is 0 Å². The molecule has 0 radical (unpaired) electrons. The molecular formula is C22H25N3O4S2. The van der Waals surface area contributed by atoms with Gasteiger partial charge in [0.15, 0.2) is 11.2 Å². The summed E-state index contributed by atoms with van der Waals surface area (Å²) in [6.45, 7) is 8.05. The van der Waals surface area contributed by atoms with Crippen LogP contribution in [0.2, 0.25) is 0 Å². The molecule has 1 atom stereocenters. The molecule has 0 aliphatic heterocycles. The SMILES string of the molecule is CC(Oc1ccc(C(C)(C)C)cc1)C(=O)Nc1ccc(S(=O)(=O)Nc2nccs2)cc1. The number of benzene rings is 2. The molecule has 0 aliphatic rings. The van der Waals surface area contributed by atoms with Crippen molar-refractivity contribution in [2.24, 2.45) is 0 Å². The molecule has 0 spiro atoms. The maximum atomic E-state index is 12.5. The van der Waals surface area contributed by atoms with Gasteiger partial charge < -0.3 is 10.1 Å². The van der Waals surface area contributed by atoms with Gasteiger partial charge in [-0.2, -0.15) is 0 Å². The summed E-state index contributed by atoms with van der Waals surface area (Å²) in [6, 6.07) is 13.6. The third-order valence-electron chi connectivity index (χ3n) is 4.49. The number of carbonyl (C=O) groups is 1. The minimum atomic E-state index is -3.74. The van der Waals surface area contributed by atoms with Crippen molar-refractivity contribution in [1.82, 2.24) is 4.98 Å². The first-order valence-corrected chi connectivity index (χ1v) is 12.0. The van der Waals surface area contributed by atoms with Crippen molar-refractivity contribution in [3.8, 4) is 5.75 Å². The quantitative estimate of drug-likeness (QED) is 0.536. The van der Waals surface area contributed by atoms with Crippen LogP contribution in [0.25, 0.3) is 0 Å². The van der Waals surface area contributed by atoms with Crippen LogP contribution >= 0.6 is 11.3 Å². The number of thiazole rings is 1. The number of rotatable bonds is 7. The van der Waals surface area contributed by atoms with Crippen LogP contribution in [0.5, 0.6) is 5.75 Å². The summed E-state index contributed by atoms with van der Waals surface area (Å²) in [5.74, 6) is 0.266. The first-order valence-electron chi connectivity index (χ1n) is 9.65. The second-order valence-corrected chi connectivity index (χ2v) is 10.6. The highest BCUT2D eigenvalue weighted by atomic mass is 32.2. The lowest BCUT2D eigenvalue weighted by Gasteiger charge is -2.20. The lowest BCUT2D eigenvalue weighted by molar-refractivity contribution is -0.122. The van der Waals surface area contributed by atoms with Gasteiger partial charge in [0.1, 0.15) is 5.75 Å².